The largest absolute Gasteiger partial charge is 0.479 e. The van der Waals surface area contributed by atoms with E-state index >= 15 is 0 Å². The van der Waals surface area contributed by atoms with Gasteiger partial charge in [-0.15, -0.1) is 6.58 Å². The molecule has 252 valence electrons. The Morgan fingerprint density at radius 3 is 1.91 bits per heavy atom. The highest BCUT2D eigenvalue weighted by Crippen LogP contribution is 2.31. The van der Waals surface area contributed by atoms with Gasteiger partial charge < -0.3 is 79.9 Å². The van der Waals surface area contributed by atoms with Crippen LogP contribution in [0.5, 0.6) is 0 Å². The lowest BCUT2D eigenvalue weighted by molar-refractivity contribution is -0.344. The zero-order valence-corrected chi connectivity index (χ0v) is 23.8. The van der Waals surface area contributed by atoms with Gasteiger partial charge in [-0.25, -0.2) is 4.79 Å². The molecule has 0 bridgehead atoms. The molecule has 0 saturated carbocycles. The number of carbonyl (C=O) groups excluding carboxylic acids is 2. The van der Waals surface area contributed by atoms with Crippen LogP contribution < -0.4 is 10.6 Å². The molecule has 19 nitrogen and oxygen atoms in total. The van der Waals surface area contributed by atoms with Crippen molar-refractivity contribution in [1.29, 1.82) is 0 Å². The molecule has 3 heterocycles. The number of carboxylic acid groups (broad SMARTS) is 1. The number of aliphatic carboxylic acids is 1. The lowest BCUT2D eigenvalue weighted by Crippen LogP contribution is -2.69. The minimum Gasteiger partial charge on any atom is -0.479 e. The van der Waals surface area contributed by atoms with Gasteiger partial charge in [0, 0.05) is 13.8 Å². The van der Waals surface area contributed by atoms with Crippen LogP contribution in [0.15, 0.2) is 12.7 Å². The fourth-order valence-corrected chi connectivity index (χ4v) is 5.03. The van der Waals surface area contributed by atoms with Gasteiger partial charge in [0.2, 0.25) is 11.8 Å². The Balaban J connectivity index is 1.89. The first-order valence-corrected chi connectivity index (χ1v) is 13.6. The second-order valence-corrected chi connectivity index (χ2v) is 10.5. The van der Waals surface area contributed by atoms with Crippen molar-refractivity contribution in [2.45, 2.75) is 106 Å². The number of ether oxygens (including phenoxy) is 6. The Hall–Kier alpha value is -2.37. The van der Waals surface area contributed by atoms with Crippen LogP contribution in [-0.2, 0) is 42.8 Å². The molecule has 2 amide bonds. The van der Waals surface area contributed by atoms with Crippen molar-refractivity contribution in [1.82, 2.24) is 10.6 Å². The molecule has 0 aromatic carbocycles. The molecule has 0 aliphatic carbocycles. The summed E-state index contributed by atoms with van der Waals surface area (Å²) in [5, 5.41) is 86.6. The molecule has 15 atom stereocenters. The number of carbonyl (C=O) groups is 3. The fraction of sp³-hybridized carbons (Fsp3) is 0.800. The molecule has 10 N–H and O–H groups in total. The predicted octanol–water partition coefficient (Wildman–Crippen LogP) is -5.98. The van der Waals surface area contributed by atoms with E-state index in [1.165, 1.54) is 6.08 Å². The van der Waals surface area contributed by atoms with Gasteiger partial charge in [0.25, 0.3) is 0 Å². The fourth-order valence-electron chi connectivity index (χ4n) is 5.03. The van der Waals surface area contributed by atoms with Crippen molar-refractivity contribution in [3.05, 3.63) is 12.7 Å². The molecule has 3 saturated heterocycles. The molecule has 3 aliphatic heterocycles. The van der Waals surface area contributed by atoms with Gasteiger partial charge in [0.05, 0.1) is 19.8 Å². The lowest BCUT2D eigenvalue weighted by atomic mass is 9.95. The number of nitrogens with one attached hydrogen (secondary N) is 2. The summed E-state index contributed by atoms with van der Waals surface area (Å²) in [6.07, 6.45) is -20.9. The number of hydrogen-bond acceptors (Lipinski definition) is 16. The van der Waals surface area contributed by atoms with Gasteiger partial charge in [-0.2, -0.15) is 0 Å². The zero-order valence-electron chi connectivity index (χ0n) is 23.8. The van der Waals surface area contributed by atoms with E-state index in [2.05, 4.69) is 17.2 Å². The highest BCUT2D eigenvalue weighted by atomic mass is 16.7. The molecule has 3 fully saturated rings. The van der Waals surface area contributed by atoms with E-state index in [1.807, 2.05) is 0 Å². The molecular weight excluding hydrogens is 600 g/mol. The van der Waals surface area contributed by atoms with Crippen LogP contribution in [0.3, 0.4) is 0 Å². The number of aliphatic hydroxyl groups excluding tert-OH is 7. The molecule has 0 aromatic heterocycles. The second-order valence-electron chi connectivity index (χ2n) is 10.5. The van der Waals surface area contributed by atoms with Crippen molar-refractivity contribution < 1.29 is 83.7 Å². The number of carboxylic acids is 1. The van der Waals surface area contributed by atoms with E-state index in [1.54, 1.807) is 0 Å². The number of hydrogen-bond donors (Lipinski definition) is 10. The number of aliphatic hydroxyl groups is 7. The van der Waals surface area contributed by atoms with Gasteiger partial charge >= 0.3 is 5.97 Å². The van der Waals surface area contributed by atoms with E-state index in [9.17, 15) is 55.2 Å². The Labute approximate surface area is 250 Å². The summed E-state index contributed by atoms with van der Waals surface area (Å²) in [5.74, 6) is -2.94. The van der Waals surface area contributed by atoms with E-state index < -0.39 is 123 Å². The molecule has 44 heavy (non-hydrogen) atoms. The first-order valence-electron chi connectivity index (χ1n) is 13.6. The van der Waals surface area contributed by atoms with Crippen molar-refractivity contribution >= 4 is 17.8 Å². The van der Waals surface area contributed by atoms with Crippen molar-refractivity contribution in [2.24, 2.45) is 0 Å². The summed E-state index contributed by atoms with van der Waals surface area (Å²) in [6.45, 7) is 4.37. The second kappa shape index (κ2) is 15.8. The maximum absolute atomic E-state index is 12.1. The number of rotatable bonds is 12. The average Bonchev–Trinajstić information content (AvgIpc) is 2.96. The van der Waals surface area contributed by atoms with Crippen LogP contribution in [0.25, 0.3) is 0 Å². The third-order valence-corrected chi connectivity index (χ3v) is 7.20. The third kappa shape index (κ3) is 8.26. The SMILES string of the molecule is C=CCO[C@@H]1O[C@H](CO[C@@H]2O[C@H](CO)[C@H](O)[C@H](O)[C@H]2NC(C)=O)[C@H](O)[C@H](O[C@@H]2O[C@H](C(=O)O)[C@@H](O)[C@H](O)[C@H]2O)[C@H]1NC(C)=O. The van der Waals surface area contributed by atoms with Crippen LogP contribution >= 0.6 is 0 Å². The first-order chi connectivity index (χ1) is 20.7. The third-order valence-electron chi connectivity index (χ3n) is 7.20. The van der Waals surface area contributed by atoms with Gasteiger partial charge in [0.1, 0.15) is 67.0 Å². The molecule has 0 spiro atoms. The van der Waals surface area contributed by atoms with Crippen LogP contribution in [0.4, 0.5) is 0 Å². The molecular formula is C25H40N2O17. The van der Waals surface area contributed by atoms with Crippen LogP contribution in [0.1, 0.15) is 13.8 Å². The topological polar surface area (TPSA) is 292 Å². The van der Waals surface area contributed by atoms with Crippen molar-refractivity contribution in [2.75, 3.05) is 19.8 Å². The smallest absolute Gasteiger partial charge is 0.335 e. The van der Waals surface area contributed by atoms with E-state index in [0.29, 0.717) is 0 Å². The average molecular weight is 641 g/mol. The Bertz CT molecular complexity index is 1000. The summed E-state index contributed by atoms with van der Waals surface area (Å²) in [7, 11) is 0. The standard InChI is InChI=1S/C25H40N2O17/c1-4-5-39-24-13(27-9(3)30)20(43-25-19(36)17(34)18(35)21(44-25)22(37)38)15(32)11(42-24)7-40-23-12(26-8(2)29)16(33)14(31)10(6-28)41-23/h4,10-21,23-25,28,31-36H,1,5-7H2,2-3H3,(H,26,29)(H,27,30)(H,37,38)/t10-,11-,12-,13-,14+,15+,16-,17+,18+,19-,20-,21+,23-,24-,25-/m1/s1. The van der Waals surface area contributed by atoms with Gasteiger partial charge in [-0.1, -0.05) is 6.08 Å². The summed E-state index contributed by atoms with van der Waals surface area (Å²) < 4.78 is 33.6. The monoisotopic (exact) mass is 640 g/mol. The minimum atomic E-state index is -2.03. The molecule has 3 aliphatic rings. The maximum atomic E-state index is 12.1. The summed E-state index contributed by atoms with van der Waals surface area (Å²) in [4.78, 5) is 35.4. The molecule has 3 rings (SSSR count). The Kier molecular flexibility index (Phi) is 12.9. The predicted molar refractivity (Wildman–Crippen MR) is 139 cm³/mol. The van der Waals surface area contributed by atoms with E-state index in [-0.39, 0.29) is 6.61 Å². The maximum Gasteiger partial charge on any atom is 0.335 e. The van der Waals surface area contributed by atoms with Crippen LogP contribution in [0.2, 0.25) is 0 Å². The minimum absolute atomic E-state index is 0.135. The molecule has 0 unspecified atom stereocenters. The Morgan fingerprint density at radius 2 is 1.34 bits per heavy atom. The quantitative estimate of drug-likeness (QED) is 0.0888. The van der Waals surface area contributed by atoms with Crippen LogP contribution in [0, 0.1) is 0 Å². The summed E-state index contributed by atoms with van der Waals surface area (Å²) >= 11 is 0. The molecule has 0 aromatic rings. The van der Waals surface area contributed by atoms with Crippen molar-refractivity contribution in [3.63, 3.8) is 0 Å². The molecule has 19 heteroatoms. The van der Waals surface area contributed by atoms with E-state index in [0.717, 1.165) is 13.8 Å². The van der Waals surface area contributed by atoms with E-state index in [4.69, 9.17) is 28.4 Å². The Morgan fingerprint density at radius 1 is 0.750 bits per heavy atom. The summed E-state index contributed by atoms with van der Waals surface area (Å²) in [6, 6.07) is -2.67. The lowest BCUT2D eigenvalue weighted by Gasteiger charge is -2.48. The van der Waals surface area contributed by atoms with Gasteiger partial charge in [0.15, 0.2) is 25.0 Å². The first kappa shape index (κ1) is 36.1. The zero-order chi connectivity index (χ0) is 32.9. The molecule has 0 radical (unpaired) electrons. The van der Waals surface area contributed by atoms with Gasteiger partial charge in [-0.05, 0) is 0 Å². The van der Waals surface area contributed by atoms with Crippen LogP contribution in [-0.4, -0.2) is 170 Å². The van der Waals surface area contributed by atoms with Gasteiger partial charge in [-0.3, -0.25) is 9.59 Å². The normalized spacial score (nSPS) is 42.7. The number of amides is 2. The highest BCUT2D eigenvalue weighted by Gasteiger charge is 2.53. The highest BCUT2D eigenvalue weighted by molar-refractivity contribution is 5.74. The van der Waals surface area contributed by atoms with Crippen molar-refractivity contribution in [3.8, 4) is 0 Å². The summed E-state index contributed by atoms with van der Waals surface area (Å²) in [5.41, 5.74) is 0.